The van der Waals surface area contributed by atoms with Gasteiger partial charge in [0, 0.05) is 6.04 Å². The van der Waals surface area contributed by atoms with Crippen LogP contribution in [-0.2, 0) is 10.0 Å². The first kappa shape index (κ1) is 17.1. The van der Waals surface area contributed by atoms with Crippen LogP contribution in [0.2, 0.25) is 0 Å². The van der Waals surface area contributed by atoms with Gasteiger partial charge >= 0.3 is 0 Å². The molecule has 0 amide bonds. The molecule has 0 radical (unpaired) electrons. The van der Waals surface area contributed by atoms with Gasteiger partial charge in [-0.05, 0) is 50.3 Å². The van der Waals surface area contributed by atoms with Gasteiger partial charge < -0.3 is 5.73 Å². The molecular weight excluding hydrogens is 272 g/mol. The van der Waals surface area contributed by atoms with Crippen molar-refractivity contribution >= 4 is 10.0 Å². The summed E-state index contributed by atoms with van der Waals surface area (Å²) in [5.74, 6) is 0.969. The van der Waals surface area contributed by atoms with Crippen molar-refractivity contribution in [3.05, 3.63) is 30.3 Å². The second-order valence-electron chi connectivity index (χ2n) is 5.65. The van der Waals surface area contributed by atoms with Crippen LogP contribution >= 0.6 is 0 Å². The summed E-state index contributed by atoms with van der Waals surface area (Å²) in [7, 11) is -3.42. The number of hydrogen-bond donors (Lipinski definition) is 2. The zero-order chi connectivity index (χ0) is 15.2. The Labute approximate surface area is 122 Å². The normalized spacial score (nSPS) is 15.2. The predicted octanol–water partition coefficient (Wildman–Crippen LogP) is 2.36. The van der Waals surface area contributed by atoms with Gasteiger partial charge in [-0.2, -0.15) is 0 Å². The largest absolute Gasteiger partial charge is 0.330 e. The molecule has 1 aromatic carbocycles. The molecule has 3 N–H and O–H groups in total. The Bertz CT molecular complexity index is 486. The second kappa shape index (κ2) is 7.76. The number of sulfonamides is 1. The smallest absolute Gasteiger partial charge is 0.240 e. The summed E-state index contributed by atoms with van der Waals surface area (Å²) in [5, 5.41) is 0. The Hall–Kier alpha value is -0.910. The number of nitrogens with one attached hydrogen (secondary N) is 1. The summed E-state index contributed by atoms with van der Waals surface area (Å²) in [6, 6.07) is 8.37. The van der Waals surface area contributed by atoms with Crippen LogP contribution in [0, 0.1) is 11.8 Å². The molecule has 0 bridgehead atoms. The molecule has 20 heavy (non-hydrogen) atoms. The van der Waals surface area contributed by atoms with Crippen LogP contribution in [0.15, 0.2) is 35.2 Å². The fraction of sp³-hybridized carbons (Fsp3) is 0.600. The van der Waals surface area contributed by atoms with Crippen molar-refractivity contribution in [1.82, 2.24) is 4.72 Å². The molecule has 114 valence electrons. The van der Waals surface area contributed by atoms with Crippen LogP contribution in [0.3, 0.4) is 0 Å². The zero-order valence-corrected chi connectivity index (χ0v) is 13.4. The molecule has 0 unspecified atom stereocenters. The second-order valence-corrected chi connectivity index (χ2v) is 7.37. The molecule has 1 aromatic rings. The lowest BCUT2D eigenvalue weighted by molar-refractivity contribution is 0.346. The SMILES string of the molecule is CC(C)[C@H](CN)CC[C@H](C)NS(=O)(=O)c1ccccc1. The average Bonchev–Trinajstić information content (AvgIpc) is 2.39. The van der Waals surface area contributed by atoms with Gasteiger partial charge in [-0.15, -0.1) is 0 Å². The molecule has 5 heteroatoms. The molecule has 0 saturated carbocycles. The highest BCUT2D eigenvalue weighted by atomic mass is 32.2. The molecule has 0 aliphatic heterocycles. The van der Waals surface area contributed by atoms with Gasteiger partial charge in [-0.3, -0.25) is 0 Å². The maximum Gasteiger partial charge on any atom is 0.240 e. The van der Waals surface area contributed by atoms with Gasteiger partial charge in [-0.25, -0.2) is 13.1 Å². The highest BCUT2D eigenvalue weighted by molar-refractivity contribution is 7.89. The number of hydrogen-bond acceptors (Lipinski definition) is 3. The lowest BCUT2D eigenvalue weighted by atomic mass is 9.90. The topological polar surface area (TPSA) is 72.2 Å². The quantitative estimate of drug-likeness (QED) is 0.774. The van der Waals surface area contributed by atoms with E-state index >= 15 is 0 Å². The van der Waals surface area contributed by atoms with E-state index in [9.17, 15) is 8.42 Å². The van der Waals surface area contributed by atoms with Crippen molar-refractivity contribution in [3.8, 4) is 0 Å². The zero-order valence-electron chi connectivity index (χ0n) is 12.5. The third kappa shape index (κ3) is 5.23. The first-order valence-corrected chi connectivity index (χ1v) is 8.62. The van der Waals surface area contributed by atoms with Crippen molar-refractivity contribution in [1.29, 1.82) is 0 Å². The van der Waals surface area contributed by atoms with E-state index in [4.69, 9.17) is 5.73 Å². The van der Waals surface area contributed by atoms with Gasteiger partial charge in [0.25, 0.3) is 0 Å². The van der Waals surface area contributed by atoms with Crippen LogP contribution in [0.5, 0.6) is 0 Å². The maximum absolute atomic E-state index is 12.2. The lowest BCUT2D eigenvalue weighted by Gasteiger charge is -2.21. The highest BCUT2D eigenvalue weighted by Gasteiger charge is 2.18. The van der Waals surface area contributed by atoms with Gasteiger partial charge in [0.1, 0.15) is 0 Å². The van der Waals surface area contributed by atoms with Crippen molar-refractivity contribution < 1.29 is 8.42 Å². The molecular formula is C15H26N2O2S. The minimum Gasteiger partial charge on any atom is -0.330 e. The standard InChI is InChI=1S/C15H26N2O2S/c1-12(2)14(11-16)10-9-13(3)17-20(18,19)15-7-5-4-6-8-15/h4-8,12-14,17H,9-11,16H2,1-3H3/t13-,14-/m0/s1. The summed E-state index contributed by atoms with van der Waals surface area (Å²) in [6.07, 6.45) is 1.73. The lowest BCUT2D eigenvalue weighted by Crippen LogP contribution is -2.33. The van der Waals surface area contributed by atoms with Crippen LogP contribution < -0.4 is 10.5 Å². The summed E-state index contributed by atoms with van der Waals surface area (Å²) in [5.41, 5.74) is 5.74. The maximum atomic E-state index is 12.2. The van der Waals surface area contributed by atoms with E-state index in [1.807, 2.05) is 6.92 Å². The summed E-state index contributed by atoms with van der Waals surface area (Å²) in [4.78, 5) is 0.311. The monoisotopic (exact) mass is 298 g/mol. The van der Waals surface area contributed by atoms with Crippen LogP contribution in [0.1, 0.15) is 33.6 Å². The molecule has 4 nitrogen and oxygen atoms in total. The van der Waals surface area contributed by atoms with Gasteiger partial charge in [0.2, 0.25) is 10.0 Å². The van der Waals surface area contributed by atoms with Gasteiger partial charge in [-0.1, -0.05) is 32.0 Å². The van der Waals surface area contributed by atoms with Crippen molar-refractivity contribution in [3.63, 3.8) is 0 Å². The third-order valence-corrected chi connectivity index (χ3v) is 5.23. The highest BCUT2D eigenvalue weighted by Crippen LogP contribution is 2.17. The van der Waals surface area contributed by atoms with Crippen LogP contribution in [0.25, 0.3) is 0 Å². The van der Waals surface area contributed by atoms with Crippen molar-refractivity contribution in [2.75, 3.05) is 6.54 Å². The van der Waals surface area contributed by atoms with E-state index in [1.54, 1.807) is 30.3 Å². The number of nitrogens with two attached hydrogens (primary N) is 1. The average molecular weight is 298 g/mol. The van der Waals surface area contributed by atoms with E-state index in [0.717, 1.165) is 12.8 Å². The number of benzene rings is 1. The van der Waals surface area contributed by atoms with Gasteiger partial charge in [0.15, 0.2) is 0 Å². The van der Waals surface area contributed by atoms with Gasteiger partial charge in [0.05, 0.1) is 4.90 Å². The number of rotatable bonds is 8. The molecule has 0 aliphatic rings. The molecule has 2 atom stereocenters. The summed E-state index contributed by atoms with van der Waals surface area (Å²) < 4.78 is 27.0. The summed E-state index contributed by atoms with van der Waals surface area (Å²) >= 11 is 0. The summed E-state index contributed by atoms with van der Waals surface area (Å²) in [6.45, 7) is 6.84. The van der Waals surface area contributed by atoms with Crippen molar-refractivity contribution in [2.24, 2.45) is 17.6 Å². The molecule has 1 rings (SSSR count). The predicted molar refractivity (Wildman–Crippen MR) is 82.8 cm³/mol. The Morgan fingerprint density at radius 2 is 1.70 bits per heavy atom. The molecule has 0 aromatic heterocycles. The molecule has 0 fully saturated rings. The van der Waals surface area contributed by atoms with Crippen LogP contribution in [-0.4, -0.2) is 21.0 Å². The third-order valence-electron chi connectivity index (χ3n) is 3.63. The Morgan fingerprint density at radius 1 is 1.10 bits per heavy atom. The molecule has 0 heterocycles. The van der Waals surface area contributed by atoms with Crippen molar-refractivity contribution in [2.45, 2.75) is 44.6 Å². The first-order chi connectivity index (χ1) is 9.36. The fourth-order valence-corrected chi connectivity index (χ4v) is 3.48. The minimum atomic E-state index is -3.42. The van der Waals surface area contributed by atoms with E-state index in [2.05, 4.69) is 18.6 Å². The van der Waals surface area contributed by atoms with E-state index in [-0.39, 0.29) is 6.04 Å². The minimum absolute atomic E-state index is 0.0898. The van der Waals surface area contributed by atoms with Crippen LogP contribution in [0.4, 0.5) is 0 Å². The van der Waals surface area contributed by atoms with E-state index in [0.29, 0.717) is 23.3 Å². The van der Waals surface area contributed by atoms with E-state index < -0.39 is 10.0 Å². The molecule has 0 spiro atoms. The Kier molecular flexibility index (Phi) is 6.65. The molecule has 0 saturated heterocycles. The van der Waals surface area contributed by atoms with E-state index in [1.165, 1.54) is 0 Å². The Balaban J connectivity index is 2.56. The Morgan fingerprint density at radius 3 is 2.20 bits per heavy atom. The first-order valence-electron chi connectivity index (χ1n) is 7.14. The fourth-order valence-electron chi connectivity index (χ4n) is 2.18. The molecule has 0 aliphatic carbocycles.